The average Bonchev–Trinajstić information content (AvgIpc) is 2.94. The largest absolute Gasteiger partial charge is 0.586 e. The van der Waals surface area contributed by atoms with Gasteiger partial charge in [0.25, 0.3) is 5.91 Å². The molecular formula is C18H14F4N2O3. The van der Waals surface area contributed by atoms with Gasteiger partial charge in [0.1, 0.15) is 11.6 Å². The van der Waals surface area contributed by atoms with Crippen LogP contribution in [0.1, 0.15) is 10.4 Å². The first-order valence-corrected chi connectivity index (χ1v) is 8.21. The molecule has 2 aliphatic rings. The van der Waals surface area contributed by atoms with Gasteiger partial charge in [0.2, 0.25) is 0 Å². The van der Waals surface area contributed by atoms with Crippen LogP contribution >= 0.6 is 0 Å². The molecule has 0 aromatic heterocycles. The molecule has 0 N–H and O–H groups in total. The summed E-state index contributed by atoms with van der Waals surface area (Å²) in [6.07, 6.45) is -3.74. The smallest absolute Gasteiger partial charge is 0.395 e. The van der Waals surface area contributed by atoms with Crippen LogP contribution in [-0.4, -0.2) is 43.3 Å². The molecule has 2 aromatic carbocycles. The highest BCUT2D eigenvalue weighted by Crippen LogP contribution is 2.41. The third-order valence-electron chi connectivity index (χ3n) is 4.47. The van der Waals surface area contributed by atoms with E-state index in [1.165, 1.54) is 35.2 Å². The molecular weight excluding hydrogens is 368 g/mol. The number of anilines is 1. The van der Waals surface area contributed by atoms with Gasteiger partial charge in [-0.15, -0.1) is 8.78 Å². The van der Waals surface area contributed by atoms with E-state index in [-0.39, 0.29) is 28.7 Å². The first-order valence-electron chi connectivity index (χ1n) is 8.21. The van der Waals surface area contributed by atoms with Crippen molar-refractivity contribution in [1.29, 1.82) is 0 Å². The lowest BCUT2D eigenvalue weighted by Gasteiger charge is -2.36. The number of rotatable bonds is 2. The highest BCUT2D eigenvalue weighted by molar-refractivity contribution is 5.95. The maximum Gasteiger partial charge on any atom is 0.586 e. The number of fused-ring (bicyclic) bond motifs is 1. The van der Waals surface area contributed by atoms with Crippen LogP contribution < -0.4 is 14.4 Å². The van der Waals surface area contributed by atoms with E-state index in [0.717, 1.165) is 6.07 Å². The fraction of sp³-hybridized carbons (Fsp3) is 0.278. The lowest BCUT2D eigenvalue weighted by atomic mass is 10.1. The van der Waals surface area contributed by atoms with Crippen LogP contribution in [0.4, 0.5) is 23.2 Å². The van der Waals surface area contributed by atoms with Gasteiger partial charge in [-0.2, -0.15) is 0 Å². The third-order valence-corrected chi connectivity index (χ3v) is 4.47. The number of nitrogens with zero attached hydrogens (tertiary/aromatic N) is 2. The lowest BCUT2D eigenvalue weighted by molar-refractivity contribution is -0.286. The number of halogens is 4. The first-order chi connectivity index (χ1) is 12.8. The zero-order valence-electron chi connectivity index (χ0n) is 13.9. The monoisotopic (exact) mass is 382 g/mol. The Morgan fingerprint density at radius 2 is 1.63 bits per heavy atom. The van der Waals surface area contributed by atoms with Gasteiger partial charge in [-0.05, 0) is 30.3 Å². The Kier molecular flexibility index (Phi) is 4.09. The average molecular weight is 382 g/mol. The molecule has 0 radical (unpaired) electrons. The van der Waals surface area contributed by atoms with Gasteiger partial charge in [-0.25, -0.2) is 8.78 Å². The van der Waals surface area contributed by atoms with Gasteiger partial charge in [-0.1, -0.05) is 0 Å². The molecule has 0 unspecified atom stereocenters. The minimum absolute atomic E-state index is 0.131. The van der Waals surface area contributed by atoms with Gasteiger partial charge in [0.05, 0.1) is 5.69 Å². The van der Waals surface area contributed by atoms with Crippen molar-refractivity contribution in [1.82, 2.24) is 4.90 Å². The number of alkyl halides is 2. The van der Waals surface area contributed by atoms with Crippen LogP contribution in [0, 0.1) is 11.6 Å². The van der Waals surface area contributed by atoms with Crippen LogP contribution in [0.5, 0.6) is 11.5 Å². The molecule has 0 saturated carbocycles. The second-order valence-electron chi connectivity index (χ2n) is 6.20. The summed E-state index contributed by atoms with van der Waals surface area (Å²) in [6.45, 7) is 1.33. The second kappa shape index (κ2) is 6.33. The van der Waals surface area contributed by atoms with Crippen molar-refractivity contribution < 1.29 is 31.8 Å². The number of hydrogen-bond donors (Lipinski definition) is 0. The van der Waals surface area contributed by atoms with Crippen molar-refractivity contribution in [2.45, 2.75) is 6.29 Å². The number of carbonyl (C=O) groups is 1. The number of piperazine rings is 1. The summed E-state index contributed by atoms with van der Waals surface area (Å²) in [5, 5.41) is 0. The summed E-state index contributed by atoms with van der Waals surface area (Å²) in [5.41, 5.74) is 0.463. The highest BCUT2D eigenvalue weighted by Gasteiger charge is 2.43. The van der Waals surface area contributed by atoms with Crippen LogP contribution in [-0.2, 0) is 0 Å². The van der Waals surface area contributed by atoms with Crippen molar-refractivity contribution in [3.8, 4) is 11.5 Å². The molecule has 1 fully saturated rings. The van der Waals surface area contributed by atoms with Gasteiger partial charge in [-0.3, -0.25) is 4.79 Å². The predicted molar refractivity (Wildman–Crippen MR) is 87.1 cm³/mol. The third kappa shape index (κ3) is 3.36. The van der Waals surface area contributed by atoms with Crippen molar-refractivity contribution in [3.05, 3.63) is 53.6 Å². The number of ether oxygens (including phenoxy) is 2. The lowest BCUT2D eigenvalue weighted by Crippen LogP contribution is -2.49. The second-order valence-corrected chi connectivity index (χ2v) is 6.20. The van der Waals surface area contributed by atoms with E-state index in [1.54, 1.807) is 4.90 Å². The molecule has 4 rings (SSSR count). The summed E-state index contributed by atoms with van der Waals surface area (Å²) in [7, 11) is 0. The summed E-state index contributed by atoms with van der Waals surface area (Å²) in [4.78, 5) is 15.9. The van der Waals surface area contributed by atoms with E-state index in [1.807, 2.05) is 0 Å². The van der Waals surface area contributed by atoms with E-state index in [4.69, 9.17) is 0 Å². The summed E-state index contributed by atoms with van der Waals surface area (Å²) in [6, 6.07) is 7.21. The fourth-order valence-electron chi connectivity index (χ4n) is 3.15. The number of carbonyl (C=O) groups excluding carboxylic acids is 1. The quantitative estimate of drug-likeness (QED) is 0.748. The summed E-state index contributed by atoms with van der Waals surface area (Å²) < 4.78 is 61.8. The van der Waals surface area contributed by atoms with E-state index < -0.39 is 17.9 Å². The van der Waals surface area contributed by atoms with Crippen LogP contribution in [0.25, 0.3) is 0 Å². The van der Waals surface area contributed by atoms with Gasteiger partial charge >= 0.3 is 6.29 Å². The van der Waals surface area contributed by atoms with Crippen LogP contribution in [0.15, 0.2) is 36.4 Å². The standard InChI is InChI=1S/C18H14F4N2O3/c19-12-2-3-14(13(20)10-12)23-5-7-24(8-6-23)17(25)11-1-4-15-16(9-11)27-18(21,22)26-15/h1-4,9-10H,5-8H2. The topological polar surface area (TPSA) is 42.0 Å². The number of amides is 1. The molecule has 2 aliphatic heterocycles. The van der Waals surface area contributed by atoms with E-state index in [0.29, 0.717) is 26.2 Å². The molecule has 1 amide bonds. The molecule has 0 aliphatic carbocycles. The van der Waals surface area contributed by atoms with E-state index >= 15 is 0 Å². The van der Waals surface area contributed by atoms with Crippen molar-refractivity contribution in [2.75, 3.05) is 31.1 Å². The Hall–Kier alpha value is -2.97. The molecule has 2 heterocycles. The number of hydrogen-bond acceptors (Lipinski definition) is 4. The zero-order chi connectivity index (χ0) is 19.2. The SMILES string of the molecule is O=C(c1ccc2c(c1)OC(F)(F)O2)N1CCN(c2ccc(F)cc2F)CC1. The van der Waals surface area contributed by atoms with Gasteiger partial charge in [0.15, 0.2) is 11.5 Å². The van der Waals surface area contributed by atoms with E-state index in [9.17, 15) is 22.4 Å². The Morgan fingerprint density at radius 3 is 2.33 bits per heavy atom. The molecule has 0 spiro atoms. The highest BCUT2D eigenvalue weighted by atomic mass is 19.3. The molecule has 5 nitrogen and oxygen atoms in total. The first kappa shape index (κ1) is 17.4. The molecule has 0 atom stereocenters. The van der Waals surface area contributed by atoms with Gasteiger partial charge in [0, 0.05) is 37.8 Å². The summed E-state index contributed by atoms with van der Waals surface area (Å²) in [5.74, 6) is -1.99. The van der Waals surface area contributed by atoms with Crippen molar-refractivity contribution in [2.24, 2.45) is 0 Å². The Morgan fingerprint density at radius 1 is 0.926 bits per heavy atom. The molecule has 2 aromatic rings. The van der Waals surface area contributed by atoms with Gasteiger partial charge < -0.3 is 19.3 Å². The molecule has 1 saturated heterocycles. The Bertz CT molecular complexity index is 898. The number of benzene rings is 2. The molecule has 0 bridgehead atoms. The molecule has 142 valence electrons. The predicted octanol–water partition coefficient (Wildman–Crippen LogP) is 3.25. The molecule has 9 heteroatoms. The van der Waals surface area contributed by atoms with Crippen molar-refractivity contribution >= 4 is 11.6 Å². The normalized spacial score (nSPS) is 17.9. The summed E-state index contributed by atoms with van der Waals surface area (Å²) >= 11 is 0. The van der Waals surface area contributed by atoms with Crippen molar-refractivity contribution in [3.63, 3.8) is 0 Å². The van der Waals surface area contributed by atoms with Crippen LogP contribution in [0.3, 0.4) is 0 Å². The minimum Gasteiger partial charge on any atom is -0.395 e. The maximum absolute atomic E-state index is 13.9. The zero-order valence-corrected chi connectivity index (χ0v) is 13.9. The molecule has 27 heavy (non-hydrogen) atoms. The minimum atomic E-state index is -3.74. The fourth-order valence-corrected chi connectivity index (χ4v) is 3.15. The van der Waals surface area contributed by atoms with Crippen LogP contribution in [0.2, 0.25) is 0 Å². The maximum atomic E-state index is 13.9. The Balaban J connectivity index is 1.44. The van der Waals surface area contributed by atoms with E-state index in [2.05, 4.69) is 9.47 Å². The Labute approximate surface area is 151 Å².